The minimum absolute atomic E-state index is 0.0412. The Labute approximate surface area is 144 Å². The summed E-state index contributed by atoms with van der Waals surface area (Å²) in [5.41, 5.74) is -0.987. The van der Waals surface area contributed by atoms with Gasteiger partial charge in [-0.15, -0.1) is 0 Å². The van der Waals surface area contributed by atoms with Gasteiger partial charge < -0.3 is 9.80 Å². The van der Waals surface area contributed by atoms with Crippen LogP contribution in [-0.2, 0) is 21.0 Å². The van der Waals surface area contributed by atoms with Crippen molar-refractivity contribution in [1.29, 1.82) is 0 Å². The topological polar surface area (TPSA) is 83.7 Å². The highest BCUT2D eigenvalue weighted by molar-refractivity contribution is 7.89. The van der Waals surface area contributed by atoms with E-state index in [1.807, 2.05) is 0 Å². The quantitative estimate of drug-likeness (QED) is 0.868. The van der Waals surface area contributed by atoms with Crippen molar-refractivity contribution in [1.82, 2.24) is 4.90 Å². The molecule has 2 N–H and O–H groups in total. The van der Waals surface area contributed by atoms with Crippen LogP contribution in [0, 0.1) is 0 Å². The molecule has 0 atom stereocenters. The number of hydrogen-bond acceptors (Lipinski definition) is 4. The number of nitrogens with two attached hydrogens (primary N) is 1. The first-order valence-corrected chi connectivity index (χ1v) is 9.18. The van der Waals surface area contributed by atoms with E-state index < -0.39 is 26.7 Å². The minimum atomic E-state index is -4.83. The fourth-order valence-electron chi connectivity index (χ4n) is 2.95. The predicted octanol–water partition coefficient (Wildman–Crippen LogP) is 1.80. The number of carbonyl (C=O) groups excluding carboxylic acids is 1. The standard InChI is InChI=1S/C15H20F3N3O3S/c1-10(22)20(2)11-5-7-21(8-6-11)12-3-4-14(25(19,23)24)13(9-12)15(16,17)18/h3-4,9,11H,5-8H2,1-2H3,(H2,19,23,24). The Kier molecular flexibility index (Phi) is 5.33. The van der Waals surface area contributed by atoms with Crippen LogP contribution in [0.5, 0.6) is 0 Å². The number of rotatable bonds is 3. The summed E-state index contributed by atoms with van der Waals surface area (Å²) in [6.45, 7) is 2.40. The summed E-state index contributed by atoms with van der Waals surface area (Å²) in [5, 5.41) is 4.88. The molecule has 0 radical (unpaired) electrons. The molecule has 0 saturated carbocycles. The SMILES string of the molecule is CC(=O)N(C)C1CCN(c2ccc(S(N)(=O)=O)c(C(F)(F)F)c2)CC1. The summed E-state index contributed by atoms with van der Waals surface area (Å²) >= 11 is 0. The Bertz CT molecular complexity index is 757. The number of alkyl halides is 3. The number of anilines is 1. The van der Waals surface area contributed by atoms with E-state index >= 15 is 0 Å². The fourth-order valence-corrected chi connectivity index (χ4v) is 3.69. The summed E-state index contributed by atoms with van der Waals surface area (Å²) in [6.07, 6.45) is -3.59. The minimum Gasteiger partial charge on any atom is -0.371 e. The lowest BCUT2D eigenvalue weighted by Gasteiger charge is -2.37. The van der Waals surface area contributed by atoms with E-state index in [-0.39, 0.29) is 17.6 Å². The number of benzene rings is 1. The molecule has 1 aliphatic rings. The van der Waals surface area contributed by atoms with Gasteiger partial charge in [0.25, 0.3) is 0 Å². The lowest BCUT2D eigenvalue weighted by atomic mass is 10.0. The van der Waals surface area contributed by atoms with Gasteiger partial charge in [-0.1, -0.05) is 0 Å². The van der Waals surface area contributed by atoms with Crippen molar-refractivity contribution >= 4 is 21.6 Å². The maximum absolute atomic E-state index is 13.2. The Morgan fingerprint density at radius 2 is 1.84 bits per heavy atom. The zero-order valence-electron chi connectivity index (χ0n) is 13.9. The van der Waals surface area contributed by atoms with Gasteiger partial charge in [0, 0.05) is 38.8 Å². The van der Waals surface area contributed by atoms with Crippen molar-refractivity contribution in [3.05, 3.63) is 23.8 Å². The molecule has 1 heterocycles. The first-order chi connectivity index (χ1) is 11.4. The number of amides is 1. The Morgan fingerprint density at radius 3 is 2.28 bits per heavy atom. The van der Waals surface area contributed by atoms with Crippen LogP contribution in [0.4, 0.5) is 18.9 Å². The highest BCUT2D eigenvalue weighted by atomic mass is 32.2. The molecular formula is C15H20F3N3O3S. The van der Waals surface area contributed by atoms with Crippen LogP contribution in [-0.4, -0.2) is 45.4 Å². The number of piperidine rings is 1. The van der Waals surface area contributed by atoms with Crippen LogP contribution in [0.25, 0.3) is 0 Å². The van der Waals surface area contributed by atoms with Crippen LogP contribution >= 0.6 is 0 Å². The molecule has 0 aliphatic carbocycles. The first-order valence-electron chi connectivity index (χ1n) is 7.63. The fraction of sp³-hybridized carbons (Fsp3) is 0.533. The lowest BCUT2D eigenvalue weighted by molar-refractivity contribution is -0.139. The third-order valence-electron chi connectivity index (χ3n) is 4.45. The highest BCUT2D eigenvalue weighted by Crippen LogP contribution is 2.36. The van der Waals surface area contributed by atoms with Gasteiger partial charge >= 0.3 is 6.18 Å². The van der Waals surface area contributed by atoms with Crippen LogP contribution in [0.1, 0.15) is 25.3 Å². The Hall–Kier alpha value is -1.81. The van der Waals surface area contributed by atoms with Gasteiger partial charge in [0.05, 0.1) is 10.5 Å². The van der Waals surface area contributed by atoms with Crippen LogP contribution in [0.2, 0.25) is 0 Å². The summed E-state index contributed by atoms with van der Waals surface area (Å²) in [6, 6.07) is 3.07. The Morgan fingerprint density at radius 1 is 1.28 bits per heavy atom. The summed E-state index contributed by atoms with van der Waals surface area (Å²) < 4.78 is 62.4. The van der Waals surface area contributed by atoms with Crippen molar-refractivity contribution in [2.75, 3.05) is 25.0 Å². The van der Waals surface area contributed by atoms with E-state index in [0.29, 0.717) is 25.9 Å². The molecule has 2 rings (SSSR count). The molecule has 0 bridgehead atoms. The largest absolute Gasteiger partial charge is 0.417 e. The summed E-state index contributed by atoms with van der Waals surface area (Å²) in [5.74, 6) is -0.0599. The van der Waals surface area contributed by atoms with Crippen LogP contribution < -0.4 is 10.0 Å². The van der Waals surface area contributed by atoms with Gasteiger partial charge in [0.1, 0.15) is 0 Å². The molecule has 0 unspecified atom stereocenters. The molecule has 1 fully saturated rings. The number of halogens is 3. The van der Waals surface area contributed by atoms with Gasteiger partial charge in [-0.25, -0.2) is 13.6 Å². The molecule has 1 aliphatic heterocycles. The molecule has 6 nitrogen and oxygen atoms in total. The predicted molar refractivity (Wildman–Crippen MR) is 86.5 cm³/mol. The van der Waals surface area contributed by atoms with Gasteiger partial charge in [-0.3, -0.25) is 4.79 Å². The van der Waals surface area contributed by atoms with E-state index in [2.05, 4.69) is 0 Å². The van der Waals surface area contributed by atoms with E-state index in [1.54, 1.807) is 16.8 Å². The summed E-state index contributed by atoms with van der Waals surface area (Å²) in [7, 11) is -2.78. The van der Waals surface area contributed by atoms with Crippen molar-refractivity contribution < 1.29 is 26.4 Å². The van der Waals surface area contributed by atoms with E-state index in [9.17, 15) is 26.4 Å². The van der Waals surface area contributed by atoms with Crippen molar-refractivity contribution in [2.45, 2.75) is 36.9 Å². The second-order valence-corrected chi connectivity index (χ2v) is 7.60. The number of primary sulfonamides is 1. The van der Waals surface area contributed by atoms with E-state index in [0.717, 1.165) is 12.1 Å². The molecule has 1 saturated heterocycles. The van der Waals surface area contributed by atoms with Crippen molar-refractivity contribution in [3.8, 4) is 0 Å². The maximum Gasteiger partial charge on any atom is 0.417 e. The molecule has 10 heteroatoms. The van der Waals surface area contributed by atoms with Gasteiger partial charge in [-0.2, -0.15) is 13.2 Å². The molecule has 0 aromatic heterocycles. The monoisotopic (exact) mass is 379 g/mol. The zero-order chi connectivity index (χ0) is 19.0. The first kappa shape index (κ1) is 19.5. The molecule has 1 aromatic rings. The van der Waals surface area contributed by atoms with Gasteiger partial charge in [0.15, 0.2) is 0 Å². The smallest absolute Gasteiger partial charge is 0.371 e. The van der Waals surface area contributed by atoms with Crippen molar-refractivity contribution in [3.63, 3.8) is 0 Å². The number of hydrogen-bond donors (Lipinski definition) is 1. The zero-order valence-corrected chi connectivity index (χ0v) is 14.7. The average molecular weight is 379 g/mol. The molecule has 25 heavy (non-hydrogen) atoms. The number of nitrogens with zero attached hydrogens (tertiary/aromatic N) is 2. The number of sulfonamides is 1. The number of carbonyl (C=O) groups is 1. The van der Waals surface area contributed by atoms with Gasteiger partial charge in [-0.05, 0) is 31.0 Å². The third-order valence-corrected chi connectivity index (χ3v) is 5.42. The summed E-state index contributed by atoms with van der Waals surface area (Å²) in [4.78, 5) is 13.8. The Balaban J connectivity index is 2.26. The second-order valence-electron chi connectivity index (χ2n) is 6.07. The normalized spacial score (nSPS) is 16.8. The van der Waals surface area contributed by atoms with E-state index in [1.165, 1.54) is 13.0 Å². The van der Waals surface area contributed by atoms with Gasteiger partial charge in [0.2, 0.25) is 15.9 Å². The van der Waals surface area contributed by atoms with E-state index in [4.69, 9.17) is 5.14 Å². The molecule has 140 valence electrons. The maximum atomic E-state index is 13.2. The lowest BCUT2D eigenvalue weighted by Crippen LogP contribution is -2.45. The van der Waals surface area contributed by atoms with Crippen LogP contribution in [0.3, 0.4) is 0 Å². The van der Waals surface area contributed by atoms with Crippen LogP contribution in [0.15, 0.2) is 23.1 Å². The molecule has 1 aromatic carbocycles. The van der Waals surface area contributed by atoms with Crippen molar-refractivity contribution in [2.24, 2.45) is 5.14 Å². The third kappa shape index (κ3) is 4.43. The molecule has 0 spiro atoms. The second kappa shape index (κ2) is 6.83. The molecular weight excluding hydrogens is 359 g/mol. The highest BCUT2D eigenvalue weighted by Gasteiger charge is 2.37. The molecule has 1 amide bonds. The average Bonchev–Trinajstić information content (AvgIpc) is 2.52.